The number of fused-ring (bicyclic) bond motifs is 1. The maximum atomic E-state index is 12.9. The van der Waals surface area contributed by atoms with E-state index in [9.17, 15) is 4.79 Å². The summed E-state index contributed by atoms with van der Waals surface area (Å²) in [5.74, 6) is 0.775. The Morgan fingerprint density at radius 2 is 1.95 bits per heavy atom. The molecule has 2 aliphatic heterocycles. The summed E-state index contributed by atoms with van der Waals surface area (Å²) in [6.07, 6.45) is 8.68. The molecule has 4 aliphatic rings. The Hall–Kier alpha value is -0.320. The fraction of sp³-hybridized carbons (Fsp3) is 0.938. The third-order valence-corrected chi connectivity index (χ3v) is 6.10. The summed E-state index contributed by atoms with van der Waals surface area (Å²) in [5.41, 5.74) is 0.366. The fourth-order valence-corrected chi connectivity index (χ4v) is 4.74. The van der Waals surface area contributed by atoms with Crippen molar-refractivity contribution >= 4 is 18.3 Å². The normalized spacial score (nSPS) is 37.5. The van der Waals surface area contributed by atoms with Crippen LogP contribution in [0.4, 0.5) is 0 Å². The summed E-state index contributed by atoms with van der Waals surface area (Å²) in [7, 11) is 0. The van der Waals surface area contributed by atoms with Gasteiger partial charge >= 0.3 is 0 Å². The molecule has 1 N–H and O–H groups in total. The smallest absolute Gasteiger partial charge is 0.226 e. The number of rotatable bonds is 1. The van der Waals surface area contributed by atoms with Crippen molar-refractivity contribution in [2.75, 3.05) is 26.2 Å². The van der Waals surface area contributed by atoms with Crippen LogP contribution in [0, 0.1) is 11.3 Å². The van der Waals surface area contributed by atoms with E-state index in [2.05, 4.69) is 10.2 Å². The number of nitrogens with zero attached hydrogens (tertiary/aromatic N) is 1. The molecule has 2 aliphatic carbocycles. The largest absolute Gasteiger partial charge is 0.374 e. The summed E-state index contributed by atoms with van der Waals surface area (Å²) >= 11 is 0. The molecule has 1 spiro atoms. The number of carbonyl (C=O) groups is 1. The van der Waals surface area contributed by atoms with Gasteiger partial charge in [-0.05, 0) is 50.6 Å². The van der Waals surface area contributed by atoms with Gasteiger partial charge in [-0.25, -0.2) is 0 Å². The lowest BCUT2D eigenvalue weighted by Crippen LogP contribution is -2.55. The van der Waals surface area contributed by atoms with E-state index in [0.29, 0.717) is 29.4 Å². The molecule has 1 amide bonds. The summed E-state index contributed by atoms with van der Waals surface area (Å²) in [5, 5.41) is 3.42. The Labute approximate surface area is 133 Å². The van der Waals surface area contributed by atoms with Crippen LogP contribution in [0.3, 0.4) is 0 Å². The number of hydrogen-bond donors (Lipinski definition) is 1. The van der Waals surface area contributed by atoms with E-state index < -0.39 is 0 Å². The van der Waals surface area contributed by atoms with E-state index in [4.69, 9.17) is 4.74 Å². The topological polar surface area (TPSA) is 41.6 Å². The van der Waals surface area contributed by atoms with Crippen molar-refractivity contribution in [2.24, 2.45) is 11.3 Å². The van der Waals surface area contributed by atoms with Gasteiger partial charge in [-0.15, -0.1) is 12.4 Å². The highest BCUT2D eigenvalue weighted by Gasteiger charge is 2.59. The van der Waals surface area contributed by atoms with Gasteiger partial charge in [0, 0.05) is 12.5 Å². The summed E-state index contributed by atoms with van der Waals surface area (Å²) < 4.78 is 5.90. The van der Waals surface area contributed by atoms with Gasteiger partial charge < -0.3 is 15.0 Å². The predicted octanol–water partition coefficient (Wildman–Crippen LogP) is 1.97. The van der Waals surface area contributed by atoms with Crippen molar-refractivity contribution in [3.8, 4) is 0 Å². The first-order valence-corrected chi connectivity index (χ1v) is 8.43. The third-order valence-electron chi connectivity index (χ3n) is 6.10. The van der Waals surface area contributed by atoms with Crippen molar-refractivity contribution in [3.63, 3.8) is 0 Å². The first kappa shape index (κ1) is 15.6. The molecule has 4 nitrogen and oxygen atoms in total. The van der Waals surface area contributed by atoms with Gasteiger partial charge in [0.2, 0.25) is 5.91 Å². The maximum absolute atomic E-state index is 12.9. The lowest BCUT2D eigenvalue weighted by Gasteiger charge is -2.44. The molecule has 4 fully saturated rings. The molecule has 21 heavy (non-hydrogen) atoms. The molecule has 2 saturated carbocycles. The van der Waals surface area contributed by atoms with Crippen molar-refractivity contribution in [1.82, 2.24) is 10.2 Å². The molecular formula is C16H27ClN2O2. The molecule has 3 atom stereocenters. The first-order chi connectivity index (χ1) is 9.80. The van der Waals surface area contributed by atoms with Gasteiger partial charge in [-0.1, -0.05) is 12.8 Å². The van der Waals surface area contributed by atoms with Gasteiger partial charge in [0.25, 0.3) is 0 Å². The molecule has 2 saturated heterocycles. The lowest BCUT2D eigenvalue weighted by atomic mass is 9.88. The molecule has 0 aromatic rings. The Kier molecular flexibility index (Phi) is 4.49. The number of amides is 1. The molecule has 0 radical (unpaired) electrons. The first-order valence-electron chi connectivity index (χ1n) is 8.43. The van der Waals surface area contributed by atoms with Crippen LogP contribution in [-0.2, 0) is 9.53 Å². The van der Waals surface area contributed by atoms with Crippen LogP contribution in [0.15, 0.2) is 0 Å². The SMILES string of the molecule is Cl.O=C(C1CC12CCNCC2)N1CCOC2CCCCC21. The minimum Gasteiger partial charge on any atom is -0.374 e. The quantitative estimate of drug-likeness (QED) is 0.804. The van der Waals surface area contributed by atoms with E-state index in [1.54, 1.807) is 0 Å². The summed E-state index contributed by atoms with van der Waals surface area (Å²) in [6.45, 7) is 3.76. The van der Waals surface area contributed by atoms with Crippen LogP contribution in [0.5, 0.6) is 0 Å². The summed E-state index contributed by atoms with van der Waals surface area (Å²) in [6, 6.07) is 0.379. The number of hydrogen-bond acceptors (Lipinski definition) is 3. The van der Waals surface area contributed by atoms with Crippen LogP contribution < -0.4 is 5.32 Å². The van der Waals surface area contributed by atoms with Gasteiger partial charge in [0.05, 0.1) is 18.8 Å². The molecule has 4 rings (SSSR count). The van der Waals surface area contributed by atoms with E-state index in [1.807, 2.05) is 0 Å². The molecule has 0 bridgehead atoms. The van der Waals surface area contributed by atoms with E-state index in [-0.39, 0.29) is 12.4 Å². The predicted molar refractivity (Wildman–Crippen MR) is 83.6 cm³/mol. The van der Waals surface area contributed by atoms with E-state index >= 15 is 0 Å². The number of ether oxygens (including phenoxy) is 1. The van der Waals surface area contributed by atoms with Crippen LogP contribution in [-0.4, -0.2) is 49.2 Å². The third kappa shape index (κ3) is 2.71. The maximum Gasteiger partial charge on any atom is 0.226 e. The van der Waals surface area contributed by atoms with E-state index in [1.165, 1.54) is 25.7 Å². The number of piperidine rings is 1. The number of carbonyl (C=O) groups excluding carboxylic acids is 1. The molecule has 2 heterocycles. The van der Waals surface area contributed by atoms with Crippen molar-refractivity contribution in [1.29, 1.82) is 0 Å². The number of nitrogens with one attached hydrogen (secondary N) is 1. The Bertz CT molecular complexity index is 396. The van der Waals surface area contributed by atoms with E-state index in [0.717, 1.165) is 45.5 Å². The molecule has 0 aromatic carbocycles. The second-order valence-corrected chi connectivity index (χ2v) is 7.16. The Morgan fingerprint density at radius 1 is 1.19 bits per heavy atom. The van der Waals surface area contributed by atoms with Gasteiger partial charge in [0.15, 0.2) is 0 Å². The highest BCUT2D eigenvalue weighted by Crippen LogP contribution is 2.59. The van der Waals surface area contributed by atoms with Crippen LogP contribution in [0.2, 0.25) is 0 Å². The average Bonchev–Trinajstić information content (AvgIpc) is 3.20. The zero-order valence-electron chi connectivity index (χ0n) is 12.7. The number of morpholine rings is 1. The fourth-order valence-electron chi connectivity index (χ4n) is 4.74. The van der Waals surface area contributed by atoms with Gasteiger partial charge in [0.1, 0.15) is 0 Å². The Balaban J connectivity index is 0.00000132. The minimum absolute atomic E-state index is 0. The standard InChI is InChI=1S/C16H26N2O2.ClH/c19-15(12-11-16(12)5-7-17-8-6-16)18-9-10-20-14-4-2-1-3-13(14)18;/h12-14,17H,1-11H2;1H. The minimum atomic E-state index is 0. The lowest BCUT2D eigenvalue weighted by molar-refractivity contribution is -0.151. The molecule has 0 aromatic heterocycles. The molecule has 120 valence electrons. The molecule has 3 unspecified atom stereocenters. The van der Waals surface area contributed by atoms with Gasteiger partial charge in [-0.3, -0.25) is 4.79 Å². The van der Waals surface area contributed by atoms with Crippen molar-refractivity contribution in [2.45, 2.75) is 57.1 Å². The number of halogens is 1. The highest BCUT2D eigenvalue weighted by atomic mass is 35.5. The average molecular weight is 315 g/mol. The second-order valence-electron chi connectivity index (χ2n) is 7.16. The van der Waals surface area contributed by atoms with Crippen LogP contribution >= 0.6 is 12.4 Å². The van der Waals surface area contributed by atoms with Crippen molar-refractivity contribution < 1.29 is 9.53 Å². The van der Waals surface area contributed by atoms with Gasteiger partial charge in [-0.2, -0.15) is 0 Å². The molecule has 5 heteroatoms. The monoisotopic (exact) mass is 314 g/mol. The van der Waals surface area contributed by atoms with Crippen LogP contribution in [0.25, 0.3) is 0 Å². The zero-order valence-corrected chi connectivity index (χ0v) is 13.5. The molecular weight excluding hydrogens is 288 g/mol. The van der Waals surface area contributed by atoms with Crippen LogP contribution in [0.1, 0.15) is 44.9 Å². The summed E-state index contributed by atoms with van der Waals surface area (Å²) in [4.78, 5) is 15.1. The zero-order chi connectivity index (χ0) is 13.6. The van der Waals surface area contributed by atoms with Crippen molar-refractivity contribution in [3.05, 3.63) is 0 Å². The highest BCUT2D eigenvalue weighted by molar-refractivity contribution is 5.85. The Morgan fingerprint density at radius 3 is 2.76 bits per heavy atom. The second kappa shape index (κ2) is 6.05.